The number of hydrogen-bond donors (Lipinski definition) is 1. The molecule has 1 aromatic carbocycles. The van der Waals surface area contributed by atoms with Gasteiger partial charge in [-0.3, -0.25) is 15.0 Å². The van der Waals surface area contributed by atoms with Crippen molar-refractivity contribution in [2.24, 2.45) is 0 Å². The minimum absolute atomic E-state index is 0.00284. The van der Waals surface area contributed by atoms with Gasteiger partial charge in [-0.05, 0) is 19.4 Å². The minimum atomic E-state index is -0.349. The summed E-state index contributed by atoms with van der Waals surface area (Å²) >= 11 is 0. The molecule has 6 nitrogen and oxygen atoms in total. The van der Waals surface area contributed by atoms with Gasteiger partial charge in [-0.1, -0.05) is 12.1 Å². The van der Waals surface area contributed by atoms with Gasteiger partial charge in [0.1, 0.15) is 0 Å². The fourth-order valence-corrected chi connectivity index (χ4v) is 2.46. The number of ether oxygens (including phenoxy) is 1. The third-order valence-electron chi connectivity index (χ3n) is 3.83. The Bertz CT molecular complexity index is 492. The predicted molar refractivity (Wildman–Crippen MR) is 74.5 cm³/mol. The highest BCUT2D eigenvalue weighted by molar-refractivity contribution is 5.44. The fourth-order valence-electron chi connectivity index (χ4n) is 2.46. The van der Waals surface area contributed by atoms with Gasteiger partial charge in [-0.25, -0.2) is 0 Å². The maximum absolute atomic E-state index is 11.0. The van der Waals surface area contributed by atoms with E-state index in [1.54, 1.807) is 13.0 Å². The van der Waals surface area contributed by atoms with E-state index in [0.717, 1.165) is 5.56 Å². The molecule has 0 bridgehead atoms. The molecule has 1 aromatic rings. The molecule has 1 N–H and O–H groups in total. The van der Waals surface area contributed by atoms with Crippen molar-refractivity contribution in [2.75, 3.05) is 19.8 Å². The average molecular weight is 280 g/mol. The van der Waals surface area contributed by atoms with Gasteiger partial charge >= 0.3 is 0 Å². The first kappa shape index (κ1) is 14.9. The van der Waals surface area contributed by atoms with Crippen LogP contribution in [-0.4, -0.2) is 46.8 Å². The molecular weight excluding hydrogens is 260 g/mol. The fraction of sp³-hybridized carbons (Fsp3) is 0.571. The van der Waals surface area contributed by atoms with Crippen LogP contribution in [0.4, 0.5) is 5.69 Å². The van der Waals surface area contributed by atoms with Gasteiger partial charge in [-0.15, -0.1) is 0 Å². The highest BCUT2D eigenvalue weighted by Gasteiger charge is 2.26. The van der Waals surface area contributed by atoms with Crippen LogP contribution in [-0.2, 0) is 11.3 Å². The Hall–Kier alpha value is -1.50. The summed E-state index contributed by atoms with van der Waals surface area (Å²) in [6.07, 6.45) is -0.176. The van der Waals surface area contributed by atoms with E-state index in [9.17, 15) is 15.2 Å². The Kier molecular flexibility index (Phi) is 4.69. The standard InChI is InChI=1S/C14H20N2O4/c1-10-9-20-13(8-17)7-15(10)6-12-4-3-5-14(11(12)2)16(18)19/h3-5,10,13,17H,6-9H2,1-2H3. The van der Waals surface area contributed by atoms with E-state index < -0.39 is 0 Å². The van der Waals surface area contributed by atoms with Gasteiger partial charge in [0.05, 0.1) is 24.2 Å². The van der Waals surface area contributed by atoms with Crippen LogP contribution in [0.1, 0.15) is 18.1 Å². The summed E-state index contributed by atoms with van der Waals surface area (Å²) in [7, 11) is 0. The molecule has 0 amide bonds. The zero-order chi connectivity index (χ0) is 14.7. The van der Waals surface area contributed by atoms with Crippen LogP contribution in [0.2, 0.25) is 0 Å². The SMILES string of the molecule is Cc1c(CN2CC(CO)OCC2C)cccc1[N+](=O)[O-]. The lowest BCUT2D eigenvalue weighted by Gasteiger charge is -2.37. The lowest BCUT2D eigenvalue weighted by atomic mass is 10.0. The minimum Gasteiger partial charge on any atom is -0.394 e. The molecule has 2 unspecified atom stereocenters. The molecule has 6 heteroatoms. The molecule has 1 aliphatic rings. The zero-order valence-electron chi connectivity index (χ0n) is 11.8. The Labute approximate surface area is 118 Å². The molecule has 0 aromatic heterocycles. The average Bonchev–Trinajstić information content (AvgIpc) is 2.43. The van der Waals surface area contributed by atoms with Crippen molar-refractivity contribution in [2.45, 2.75) is 32.5 Å². The van der Waals surface area contributed by atoms with E-state index in [1.165, 1.54) is 6.07 Å². The van der Waals surface area contributed by atoms with Gasteiger partial charge in [-0.2, -0.15) is 0 Å². The second-order valence-corrected chi connectivity index (χ2v) is 5.23. The summed E-state index contributed by atoms with van der Waals surface area (Å²) in [5, 5.41) is 20.2. The van der Waals surface area contributed by atoms with E-state index in [2.05, 4.69) is 11.8 Å². The van der Waals surface area contributed by atoms with Crippen molar-refractivity contribution in [1.82, 2.24) is 4.90 Å². The Morgan fingerprint density at radius 1 is 1.55 bits per heavy atom. The molecule has 0 spiro atoms. The second kappa shape index (κ2) is 6.30. The maximum atomic E-state index is 11.0. The van der Waals surface area contributed by atoms with Crippen molar-refractivity contribution < 1.29 is 14.8 Å². The van der Waals surface area contributed by atoms with Crippen molar-refractivity contribution in [3.05, 3.63) is 39.4 Å². The summed E-state index contributed by atoms with van der Waals surface area (Å²) in [4.78, 5) is 12.8. The number of aliphatic hydroxyl groups is 1. The number of hydrogen-bond acceptors (Lipinski definition) is 5. The van der Waals surface area contributed by atoms with Crippen LogP contribution >= 0.6 is 0 Å². The van der Waals surface area contributed by atoms with Gasteiger partial charge in [0, 0.05) is 30.8 Å². The maximum Gasteiger partial charge on any atom is 0.272 e. The quantitative estimate of drug-likeness (QED) is 0.668. The number of nitro groups is 1. The molecule has 2 rings (SSSR count). The lowest BCUT2D eigenvalue weighted by Crippen LogP contribution is -2.48. The monoisotopic (exact) mass is 280 g/mol. The van der Waals surface area contributed by atoms with E-state index in [0.29, 0.717) is 25.3 Å². The second-order valence-electron chi connectivity index (χ2n) is 5.23. The van der Waals surface area contributed by atoms with Crippen molar-refractivity contribution in [3.63, 3.8) is 0 Å². The molecular formula is C14H20N2O4. The van der Waals surface area contributed by atoms with Gasteiger partial charge in [0.25, 0.3) is 5.69 Å². The summed E-state index contributed by atoms with van der Waals surface area (Å²) < 4.78 is 5.50. The van der Waals surface area contributed by atoms with Crippen LogP contribution in [0, 0.1) is 17.0 Å². The first-order valence-electron chi connectivity index (χ1n) is 6.72. The third-order valence-corrected chi connectivity index (χ3v) is 3.83. The molecule has 2 atom stereocenters. The number of nitro benzene ring substituents is 1. The number of rotatable bonds is 4. The lowest BCUT2D eigenvalue weighted by molar-refractivity contribution is -0.385. The summed E-state index contributed by atoms with van der Waals surface area (Å²) in [6, 6.07) is 5.39. The molecule has 110 valence electrons. The van der Waals surface area contributed by atoms with Gasteiger partial charge < -0.3 is 9.84 Å². The van der Waals surface area contributed by atoms with Crippen LogP contribution in [0.3, 0.4) is 0 Å². The molecule has 1 saturated heterocycles. The van der Waals surface area contributed by atoms with Crippen LogP contribution in [0.15, 0.2) is 18.2 Å². The predicted octanol–water partition coefficient (Wildman–Crippen LogP) is 1.48. The molecule has 1 fully saturated rings. The third kappa shape index (κ3) is 3.15. The summed E-state index contributed by atoms with van der Waals surface area (Å²) in [6.45, 7) is 5.67. The highest BCUT2D eigenvalue weighted by Crippen LogP contribution is 2.24. The normalized spacial score (nSPS) is 23.8. The first-order chi connectivity index (χ1) is 9.52. The summed E-state index contributed by atoms with van der Waals surface area (Å²) in [5.41, 5.74) is 1.81. The smallest absolute Gasteiger partial charge is 0.272 e. The Morgan fingerprint density at radius 2 is 2.30 bits per heavy atom. The number of aliphatic hydroxyl groups excluding tert-OH is 1. The van der Waals surface area contributed by atoms with Crippen LogP contribution in [0.25, 0.3) is 0 Å². The van der Waals surface area contributed by atoms with E-state index in [1.807, 2.05) is 6.07 Å². The van der Waals surface area contributed by atoms with E-state index in [4.69, 9.17) is 4.74 Å². The van der Waals surface area contributed by atoms with E-state index in [-0.39, 0.29) is 29.4 Å². The van der Waals surface area contributed by atoms with Crippen LogP contribution < -0.4 is 0 Å². The van der Waals surface area contributed by atoms with Crippen molar-refractivity contribution in [1.29, 1.82) is 0 Å². The number of morpholine rings is 1. The van der Waals surface area contributed by atoms with Gasteiger partial charge in [0.15, 0.2) is 0 Å². The van der Waals surface area contributed by atoms with Gasteiger partial charge in [0.2, 0.25) is 0 Å². The largest absolute Gasteiger partial charge is 0.394 e. The molecule has 1 heterocycles. The zero-order valence-corrected chi connectivity index (χ0v) is 11.8. The highest BCUT2D eigenvalue weighted by atomic mass is 16.6. The first-order valence-corrected chi connectivity index (χ1v) is 6.72. The van der Waals surface area contributed by atoms with Crippen molar-refractivity contribution >= 4 is 5.69 Å². The Morgan fingerprint density at radius 3 is 2.95 bits per heavy atom. The van der Waals surface area contributed by atoms with E-state index >= 15 is 0 Å². The molecule has 0 aliphatic carbocycles. The summed E-state index contributed by atoms with van der Waals surface area (Å²) in [5.74, 6) is 0. The Balaban J connectivity index is 2.16. The molecule has 1 aliphatic heterocycles. The number of benzene rings is 1. The number of nitrogens with zero attached hydrogens (tertiary/aromatic N) is 2. The molecule has 20 heavy (non-hydrogen) atoms. The topological polar surface area (TPSA) is 75.8 Å². The molecule has 0 saturated carbocycles. The van der Waals surface area contributed by atoms with Crippen LogP contribution in [0.5, 0.6) is 0 Å². The van der Waals surface area contributed by atoms with Crippen molar-refractivity contribution in [3.8, 4) is 0 Å². The molecule has 0 radical (unpaired) electrons.